The average molecular weight is 191 g/mol. The van der Waals surface area contributed by atoms with Gasteiger partial charge >= 0.3 is 0 Å². The Hall–Kier alpha value is -1.67. The zero-order valence-electron chi connectivity index (χ0n) is 8.40. The first-order chi connectivity index (χ1) is 6.79. The minimum Gasteiger partial charge on any atom is -0.496 e. The van der Waals surface area contributed by atoms with Gasteiger partial charge < -0.3 is 4.74 Å². The predicted octanol–water partition coefficient (Wildman–Crippen LogP) is 2.86. The molecule has 0 aromatic heterocycles. The van der Waals surface area contributed by atoms with Crippen molar-refractivity contribution in [1.29, 1.82) is 0 Å². The van der Waals surface area contributed by atoms with E-state index in [1.54, 1.807) is 7.11 Å². The standard InChI is InChI=1S/C10H13N3O/c1-8-4-3-5-10(14-2)9(8)6-7-12-13-11/h3-5H,6-7H2,1-2H3. The molecule has 0 amide bonds. The van der Waals surface area contributed by atoms with Crippen LogP contribution >= 0.6 is 0 Å². The van der Waals surface area contributed by atoms with Crippen LogP contribution in [-0.2, 0) is 6.42 Å². The molecular formula is C10H13N3O. The highest BCUT2D eigenvalue weighted by atomic mass is 16.5. The number of ether oxygens (including phenoxy) is 1. The zero-order valence-corrected chi connectivity index (χ0v) is 8.40. The molecule has 1 aromatic carbocycles. The summed E-state index contributed by atoms with van der Waals surface area (Å²) in [6.07, 6.45) is 0.722. The average Bonchev–Trinajstić information content (AvgIpc) is 2.20. The van der Waals surface area contributed by atoms with Crippen LogP contribution in [0.25, 0.3) is 10.4 Å². The fourth-order valence-corrected chi connectivity index (χ4v) is 1.39. The first-order valence-corrected chi connectivity index (χ1v) is 4.43. The summed E-state index contributed by atoms with van der Waals surface area (Å²) in [7, 11) is 1.64. The largest absolute Gasteiger partial charge is 0.496 e. The number of azide groups is 1. The number of aryl methyl sites for hydroxylation is 1. The van der Waals surface area contributed by atoms with Gasteiger partial charge in [0.05, 0.1) is 7.11 Å². The van der Waals surface area contributed by atoms with E-state index in [1.807, 2.05) is 25.1 Å². The molecule has 74 valence electrons. The van der Waals surface area contributed by atoms with E-state index < -0.39 is 0 Å². The van der Waals surface area contributed by atoms with Gasteiger partial charge in [0.15, 0.2) is 0 Å². The van der Waals surface area contributed by atoms with Crippen molar-refractivity contribution in [2.24, 2.45) is 5.11 Å². The smallest absolute Gasteiger partial charge is 0.122 e. The van der Waals surface area contributed by atoms with E-state index in [0.29, 0.717) is 6.54 Å². The van der Waals surface area contributed by atoms with Crippen molar-refractivity contribution >= 4 is 0 Å². The third-order valence-corrected chi connectivity index (χ3v) is 2.11. The summed E-state index contributed by atoms with van der Waals surface area (Å²) in [5, 5.41) is 3.51. The SMILES string of the molecule is COc1cccc(C)c1CCN=[N+]=[N-]. The predicted molar refractivity (Wildman–Crippen MR) is 55.4 cm³/mol. The Balaban J connectivity index is 2.87. The lowest BCUT2D eigenvalue weighted by Gasteiger charge is -2.09. The number of hydrogen-bond acceptors (Lipinski definition) is 2. The highest BCUT2D eigenvalue weighted by molar-refractivity contribution is 5.39. The number of nitrogens with zero attached hydrogens (tertiary/aromatic N) is 3. The fourth-order valence-electron chi connectivity index (χ4n) is 1.39. The summed E-state index contributed by atoms with van der Waals surface area (Å²) in [5.41, 5.74) is 10.4. The Kier molecular flexibility index (Phi) is 3.83. The number of rotatable bonds is 4. The molecule has 0 fully saturated rings. The Morgan fingerprint density at radius 2 is 2.29 bits per heavy atom. The molecule has 0 aliphatic rings. The van der Waals surface area contributed by atoms with Gasteiger partial charge in [-0.2, -0.15) is 0 Å². The molecule has 0 unspecified atom stereocenters. The molecule has 0 heterocycles. The topological polar surface area (TPSA) is 58.0 Å². The lowest BCUT2D eigenvalue weighted by atomic mass is 10.0. The molecule has 0 aliphatic heterocycles. The molecule has 14 heavy (non-hydrogen) atoms. The molecule has 0 atom stereocenters. The van der Waals surface area contributed by atoms with E-state index in [9.17, 15) is 0 Å². The lowest BCUT2D eigenvalue weighted by Crippen LogP contribution is -1.97. The van der Waals surface area contributed by atoms with Crippen molar-refractivity contribution in [2.45, 2.75) is 13.3 Å². The number of methoxy groups -OCH3 is 1. The molecule has 0 N–H and O–H groups in total. The Labute approximate surface area is 83.1 Å². The van der Waals surface area contributed by atoms with Gasteiger partial charge in [-0.05, 0) is 36.1 Å². The van der Waals surface area contributed by atoms with Gasteiger partial charge in [-0.15, -0.1) is 0 Å². The second-order valence-corrected chi connectivity index (χ2v) is 2.96. The van der Waals surface area contributed by atoms with E-state index >= 15 is 0 Å². The Morgan fingerprint density at radius 1 is 1.50 bits per heavy atom. The first-order valence-electron chi connectivity index (χ1n) is 4.43. The minimum absolute atomic E-state index is 0.470. The highest BCUT2D eigenvalue weighted by Gasteiger charge is 2.04. The summed E-state index contributed by atoms with van der Waals surface area (Å²) in [6.45, 7) is 2.49. The summed E-state index contributed by atoms with van der Waals surface area (Å²) in [4.78, 5) is 2.72. The van der Waals surface area contributed by atoms with Crippen LogP contribution < -0.4 is 4.74 Å². The molecule has 0 saturated carbocycles. The van der Waals surface area contributed by atoms with Crippen molar-refractivity contribution in [3.8, 4) is 5.75 Å². The van der Waals surface area contributed by atoms with Crippen LogP contribution in [0.5, 0.6) is 5.75 Å². The van der Waals surface area contributed by atoms with Crippen molar-refractivity contribution in [1.82, 2.24) is 0 Å². The van der Waals surface area contributed by atoms with Crippen molar-refractivity contribution in [3.63, 3.8) is 0 Å². The maximum absolute atomic E-state index is 8.17. The van der Waals surface area contributed by atoms with Crippen molar-refractivity contribution in [2.75, 3.05) is 13.7 Å². The minimum atomic E-state index is 0.470. The first kappa shape index (κ1) is 10.4. The molecule has 0 spiro atoms. The van der Waals surface area contributed by atoms with Crippen LogP contribution in [0.3, 0.4) is 0 Å². The molecule has 0 aliphatic carbocycles. The van der Waals surface area contributed by atoms with E-state index in [-0.39, 0.29) is 0 Å². The molecule has 0 saturated heterocycles. The van der Waals surface area contributed by atoms with E-state index in [0.717, 1.165) is 23.3 Å². The van der Waals surface area contributed by atoms with E-state index in [2.05, 4.69) is 10.0 Å². The van der Waals surface area contributed by atoms with Crippen LogP contribution in [0, 0.1) is 6.92 Å². The van der Waals surface area contributed by atoms with Gasteiger partial charge in [0.2, 0.25) is 0 Å². The summed E-state index contributed by atoms with van der Waals surface area (Å²) >= 11 is 0. The van der Waals surface area contributed by atoms with E-state index in [4.69, 9.17) is 10.3 Å². The number of hydrogen-bond donors (Lipinski definition) is 0. The molecule has 1 aromatic rings. The Morgan fingerprint density at radius 3 is 2.93 bits per heavy atom. The Bertz CT molecular complexity index is 356. The highest BCUT2D eigenvalue weighted by Crippen LogP contribution is 2.21. The monoisotopic (exact) mass is 191 g/mol. The van der Waals surface area contributed by atoms with Gasteiger partial charge in [0, 0.05) is 11.5 Å². The second-order valence-electron chi connectivity index (χ2n) is 2.96. The molecular weight excluding hydrogens is 178 g/mol. The van der Waals surface area contributed by atoms with E-state index in [1.165, 1.54) is 0 Å². The molecule has 4 nitrogen and oxygen atoms in total. The summed E-state index contributed by atoms with van der Waals surface area (Å²) < 4.78 is 5.22. The normalized spacial score (nSPS) is 9.29. The molecule has 1 rings (SSSR count). The van der Waals surface area contributed by atoms with Crippen molar-refractivity contribution in [3.05, 3.63) is 39.8 Å². The zero-order chi connectivity index (χ0) is 10.4. The quantitative estimate of drug-likeness (QED) is 0.410. The second kappa shape index (κ2) is 5.14. The van der Waals surface area contributed by atoms with Crippen LogP contribution in [0.15, 0.2) is 23.3 Å². The maximum atomic E-state index is 8.17. The lowest BCUT2D eigenvalue weighted by molar-refractivity contribution is 0.409. The summed E-state index contributed by atoms with van der Waals surface area (Å²) in [5.74, 6) is 0.859. The summed E-state index contributed by atoms with van der Waals surface area (Å²) in [6, 6.07) is 5.89. The van der Waals surface area contributed by atoms with Gasteiger partial charge in [0.25, 0.3) is 0 Å². The third kappa shape index (κ3) is 2.41. The molecule has 0 bridgehead atoms. The fraction of sp³-hybridized carbons (Fsp3) is 0.400. The molecule has 4 heteroatoms. The third-order valence-electron chi connectivity index (χ3n) is 2.11. The van der Waals surface area contributed by atoms with Gasteiger partial charge in [-0.25, -0.2) is 0 Å². The van der Waals surface area contributed by atoms with Crippen LogP contribution in [0.1, 0.15) is 11.1 Å². The van der Waals surface area contributed by atoms with Gasteiger partial charge in [-0.3, -0.25) is 0 Å². The van der Waals surface area contributed by atoms with Crippen LogP contribution in [-0.4, -0.2) is 13.7 Å². The molecule has 0 radical (unpaired) electrons. The van der Waals surface area contributed by atoms with Gasteiger partial charge in [-0.1, -0.05) is 17.2 Å². The number of benzene rings is 1. The van der Waals surface area contributed by atoms with Crippen molar-refractivity contribution < 1.29 is 4.74 Å². The van der Waals surface area contributed by atoms with Crippen LogP contribution in [0.4, 0.5) is 0 Å². The maximum Gasteiger partial charge on any atom is 0.122 e. The van der Waals surface area contributed by atoms with Crippen LogP contribution in [0.2, 0.25) is 0 Å². The van der Waals surface area contributed by atoms with Gasteiger partial charge in [0.1, 0.15) is 5.75 Å².